The number of pyridine rings is 1. The number of nitrogens with one attached hydrogen (secondary N) is 1. The van der Waals surface area contributed by atoms with E-state index >= 15 is 0 Å². The van der Waals surface area contributed by atoms with Crippen LogP contribution in [0.3, 0.4) is 0 Å². The fourth-order valence-corrected chi connectivity index (χ4v) is 3.28. The van der Waals surface area contributed by atoms with E-state index in [2.05, 4.69) is 9.71 Å². The number of nitrogen functional groups attached to an aromatic ring is 1. The van der Waals surface area contributed by atoms with Crippen molar-refractivity contribution in [3.63, 3.8) is 0 Å². The fraction of sp³-hybridized carbons (Fsp3) is 0.154. The molecule has 0 fully saturated rings. The molecule has 5 nitrogen and oxygen atoms in total. The quantitative estimate of drug-likeness (QED) is 0.841. The first-order valence-corrected chi connectivity index (χ1v) is 7.18. The molecule has 3 N–H and O–H groups in total. The molecule has 0 saturated carbocycles. The van der Waals surface area contributed by atoms with Crippen LogP contribution in [0.1, 0.15) is 11.1 Å². The first-order valence-electron chi connectivity index (χ1n) is 5.70. The fourth-order valence-electron chi connectivity index (χ4n) is 1.81. The second-order valence-corrected chi connectivity index (χ2v) is 5.91. The Hall–Kier alpha value is -2.08. The maximum Gasteiger partial charge on any atom is 0.264 e. The van der Waals surface area contributed by atoms with Gasteiger partial charge >= 0.3 is 0 Å². The van der Waals surface area contributed by atoms with Gasteiger partial charge in [0, 0.05) is 6.20 Å². The molecule has 0 radical (unpaired) electrons. The minimum absolute atomic E-state index is 0.109. The highest BCUT2D eigenvalue weighted by atomic mass is 32.2. The van der Waals surface area contributed by atoms with Crippen molar-refractivity contribution in [2.75, 3.05) is 10.5 Å². The monoisotopic (exact) mass is 277 g/mol. The van der Waals surface area contributed by atoms with Crippen LogP contribution in [0.4, 0.5) is 11.4 Å². The summed E-state index contributed by atoms with van der Waals surface area (Å²) in [5.41, 5.74) is 7.85. The molecule has 0 aliphatic rings. The van der Waals surface area contributed by atoms with Gasteiger partial charge in [-0.1, -0.05) is 12.1 Å². The third kappa shape index (κ3) is 2.68. The molecule has 19 heavy (non-hydrogen) atoms. The van der Waals surface area contributed by atoms with Gasteiger partial charge < -0.3 is 5.73 Å². The van der Waals surface area contributed by atoms with Gasteiger partial charge in [0.15, 0.2) is 0 Å². The van der Waals surface area contributed by atoms with Crippen LogP contribution in [0.15, 0.2) is 41.6 Å². The van der Waals surface area contributed by atoms with Gasteiger partial charge in [0.1, 0.15) is 4.90 Å². The summed E-state index contributed by atoms with van der Waals surface area (Å²) in [7, 11) is -3.71. The SMILES string of the molecule is Cc1ccncc1NS(=O)(=O)c1c(C)cccc1N. The van der Waals surface area contributed by atoms with Crippen LogP contribution in [-0.2, 0) is 10.0 Å². The van der Waals surface area contributed by atoms with E-state index in [9.17, 15) is 8.42 Å². The number of nitrogens with zero attached hydrogens (tertiary/aromatic N) is 1. The lowest BCUT2D eigenvalue weighted by Gasteiger charge is -2.13. The number of hydrogen-bond donors (Lipinski definition) is 2. The molecule has 0 saturated heterocycles. The third-order valence-corrected chi connectivity index (χ3v) is 4.38. The molecule has 0 unspecified atom stereocenters. The van der Waals surface area contributed by atoms with Crippen molar-refractivity contribution in [2.45, 2.75) is 18.7 Å². The van der Waals surface area contributed by atoms with Gasteiger partial charge in [0.25, 0.3) is 10.0 Å². The molecule has 0 amide bonds. The van der Waals surface area contributed by atoms with E-state index in [0.717, 1.165) is 5.56 Å². The zero-order valence-corrected chi connectivity index (χ0v) is 11.5. The van der Waals surface area contributed by atoms with Crippen molar-refractivity contribution in [1.29, 1.82) is 0 Å². The van der Waals surface area contributed by atoms with E-state index in [1.165, 1.54) is 6.20 Å². The molecule has 6 heteroatoms. The Morgan fingerprint density at radius 2 is 1.89 bits per heavy atom. The van der Waals surface area contributed by atoms with Gasteiger partial charge in [-0.3, -0.25) is 9.71 Å². The van der Waals surface area contributed by atoms with Crippen molar-refractivity contribution < 1.29 is 8.42 Å². The Morgan fingerprint density at radius 1 is 1.16 bits per heavy atom. The van der Waals surface area contributed by atoms with Gasteiger partial charge in [-0.2, -0.15) is 0 Å². The van der Waals surface area contributed by atoms with E-state index in [1.54, 1.807) is 44.3 Å². The predicted octanol–water partition coefficient (Wildman–Crippen LogP) is 2.08. The standard InChI is InChI=1S/C13H15N3O2S/c1-9-6-7-15-8-12(9)16-19(17,18)13-10(2)4-3-5-11(13)14/h3-8,16H,14H2,1-2H3. The molecule has 2 aromatic rings. The molecule has 0 spiro atoms. The zero-order chi connectivity index (χ0) is 14.0. The number of sulfonamides is 1. The number of nitrogens with two attached hydrogens (primary N) is 1. The second kappa shape index (κ2) is 4.89. The number of aromatic nitrogens is 1. The van der Waals surface area contributed by atoms with E-state index in [-0.39, 0.29) is 10.6 Å². The van der Waals surface area contributed by atoms with Crippen molar-refractivity contribution in [3.05, 3.63) is 47.8 Å². The summed E-state index contributed by atoms with van der Waals surface area (Å²) in [5.74, 6) is 0. The van der Waals surface area contributed by atoms with E-state index in [0.29, 0.717) is 11.3 Å². The smallest absolute Gasteiger partial charge is 0.264 e. The summed E-state index contributed by atoms with van der Waals surface area (Å²) in [5, 5.41) is 0. The van der Waals surface area contributed by atoms with Gasteiger partial charge in [-0.05, 0) is 37.1 Å². The van der Waals surface area contributed by atoms with Crippen LogP contribution < -0.4 is 10.5 Å². The molecule has 0 aliphatic carbocycles. The Morgan fingerprint density at radius 3 is 2.53 bits per heavy atom. The average Bonchev–Trinajstić information content (AvgIpc) is 2.31. The first-order chi connectivity index (χ1) is 8.92. The summed E-state index contributed by atoms with van der Waals surface area (Å²) in [6.45, 7) is 3.52. The Bertz CT molecular complexity index is 691. The second-order valence-electron chi connectivity index (χ2n) is 4.29. The normalized spacial score (nSPS) is 11.3. The third-order valence-electron chi connectivity index (χ3n) is 2.79. The number of aryl methyl sites for hydroxylation is 2. The highest BCUT2D eigenvalue weighted by molar-refractivity contribution is 7.93. The molecule has 1 heterocycles. The summed E-state index contributed by atoms with van der Waals surface area (Å²) in [4.78, 5) is 4.02. The molecule has 0 atom stereocenters. The number of hydrogen-bond acceptors (Lipinski definition) is 4. The van der Waals surface area contributed by atoms with E-state index in [1.807, 2.05) is 0 Å². The van der Waals surface area contributed by atoms with Crippen molar-refractivity contribution in [3.8, 4) is 0 Å². The van der Waals surface area contributed by atoms with Crippen molar-refractivity contribution in [1.82, 2.24) is 4.98 Å². The largest absolute Gasteiger partial charge is 0.398 e. The van der Waals surface area contributed by atoms with Crippen LogP contribution in [0.25, 0.3) is 0 Å². The Kier molecular flexibility index (Phi) is 3.44. The van der Waals surface area contributed by atoms with E-state index < -0.39 is 10.0 Å². The van der Waals surface area contributed by atoms with Gasteiger partial charge in [-0.25, -0.2) is 8.42 Å². The minimum atomic E-state index is -3.71. The summed E-state index contributed by atoms with van der Waals surface area (Å²) >= 11 is 0. The molecule has 1 aromatic carbocycles. The molecule has 0 aliphatic heterocycles. The zero-order valence-electron chi connectivity index (χ0n) is 10.7. The Labute approximate surface area is 112 Å². The molecular formula is C13H15N3O2S. The lowest BCUT2D eigenvalue weighted by Crippen LogP contribution is -2.17. The van der Waals surface area contributed by atoms with E-state index in [4.69, 9.17) is 5.73 Å². The molecule has 0 bridgehead atoms. The Balaban J connectivity index is 2.47. The maximum atomic E-state index is 12.4. The van der Waals surface area contributed by atoms with Gasteiger partial charge in [-0.15, -0.1) is 0 Å². The molecule has 1 aromatic heterocycles. The first kappa shape index (κ1) is 13.4. The topological polar surface area (TPSA) is 85.1 Å². The summed E-state index contributed by atoms with van der Waals surface area (Å²) in [6, 6.07) is 6.73. The van der Waals surface area contributed by atoms with Crippen molar-refractivity contribution in [2.24, 2.45) is 0 Å². The average molecular weight is 277 g/mol. The van der Waals surface area contributed by atoms with Gasteiger partial charge in [0.2, 0.25) is 0 Å². The highest BCUT2D eigenvalue weighted by Gasteiger charge is 2.20. The lowest BCUT2D eigenvalue weighted by molar-refractivity contribution is 0.601. The molecular weight excluding hydrogens is 262 g/mol. The molecule has 100 valence electrons. The minimum Gasteiger partial charge on any atom is -0.398 e. The van der Waals surface area contributed by atoms with Crippen LogP contribution in [-0.4, -0.2) is 13.4 Å². The van der Waals surface area contributed by atoms with Crippen LogP contribution in [0, 0.1) is 13.8 Å². The lowest BCUT2D eigenvalue weighted by atomic mass is 10.2. The van der Waals surface area contributed by atoms with Crippen LogP contribution in [0.5, 0.6) is 0 Å². The highest BCUT2D eigenvalue weighted by Crippen LogP contribution is 2.25. The number of benzene rings is 1. The van der Waals surface area contributed by atoms with Gasteiger partial charge in [0.05, 0.1) is 17.6 Å². The predicted molar refractivity (Wildman–Crippen MR) is 75.4 cm³/mol. The van der Waals surface area contributed by atoms with Crippen LogP contribution in [0.2, 0.25) is 0 Å². The summed E-state index contributed by atoms with van der Waals surface area (Å²) < 4.78 is 27.3. The molecule has 2 rings (SSSR count). The maximum absolute atomic E-state index is 12.4. The van der Waals surface area contributed by atoms with Crippen molar-refractivity contribution >= 4 is 21.4 Å². The number of anilines is 2. The number of rotatable bonds is 3. The van der Waals surface area contributed by atoms with Crippen LogP contribution >= 0.6 is 0 Å². The summed E-state index contributed by atoms with van der Waals surface area (Å²) in [6.07, 6.45) is 3.08.